The van der Waals surface area contributed by atoms with Crippen molar-refractivity contribution < 1.29 is 13.9 Å². The third kappa shape index (κ3) is 2.38. The Morgan fingerprint density at radius 2 is 2.00 bits per heavy atom. The molecule has 18 heavy (non-hydrogen) atoms. The van der Waals surface area contributed by atoms with Gasteiger partial charge in [-0.1, -0.05) is 42.0 Å². The third-order valence-electron chi connectivity index (χ3n) is 3.13. The average molecular weight is 270 g/mol. The highest BCUT2D eigenvalue weighted by Crippen LogP contribution is 2.46. The largest absolute Gasteiger partial charge is 0.496 e. The molecule has 0 saturated heterocycles. The van der Waals surface area contributed by atoms with Gasteiger partial charge in [-0.3, -0.25) is 0 Å². The molecule has 0 spiro atoms. The minimum Gasteiger partial charge on any atom is -0.496 e. The molecule has 1 aliphatic rings. The molecule has 4 heteroatoms. The molecule has 0 N–H and O–H groups in total. The minimum atomic E-state index is -1.91. The van der Waals surface area contributed by atoms with Gasteiger partial charge in [-0.25, -0.2) is 4.39 Å². The zero-order valence-corrected chi connectivity index (χ0v) is 11.1. The lowest BCUT2D eigenvalue weighted by molar-refractivity contribution is -0.00601. The lowest BCUT2D eigenvalue weighted by Gasteiger charge is -2.37. The molecule has 0 amide bonds. The van der Waals surface area contributed by atoms with Crippen molar-refractivity contribution in [3.8, 4) is 5.75 Å². The first-order valence-corrected chi connectivity index (χ1v) is 6.01. The molecule has 1 radical (unpaired) electrons. The number of benzene rings is 1. The van der Waals surface area contributed by atoms with E-state index < -0.39 is 10.7 Å². The number of hydrogen-bond donors (Lipinski definition) is 0. The summed E-state index contributed by atoms with van der Waals surface area (Å²) in [6, 6.07) is 7.38. The second-order valence-corrected chi connectivity index (χ2v) is 4.89. The molecule has 1 aromatic rings. The van der Waals surface area contributed by atoms with E-state index in [0.717, 1.165) is 5.56 Å². The maximum Gasteiger partial charge on any atom is 0.193 e. The van der Waals surface area contributed by atoms with E-state index in [4.69, 9.17) is 21.1 Å². The first kappa shape index (κ1) is 13.4. The van der Waals surface area contributed by atoms with Crippen molar-refractivity contribution in [3.05, 3.63) is 48.4 Å². The SMILES string of the molecule is COc1ccccc1C1(OC)C=C[CH]C(F)(Cl)C1. The van der Waals surface area contributed by atoms with Gasteiger partial charge < -0.3 is 9.47 Å². The van der Waals surface area contributed by atoms with Crippen molar-refractivity contribution >= 4 is 11.6 Å². The molecule has 1 aromatic carbocycles. The molecular formula is C14H15ClFO2. The molecular weight excluding hydrogens is 255 g/mol. The first-order chi connectivity index (χ1) is 8.53. The first-order valence-electron chi connectivity index (χ1n) is 5.63. The highest BCUT2D eigenvalue weighted by molar-refractivity contribution is 6.24. The Kier molecular flexibility index (Phi) is 3.64. The van der Waals surface area contributed by atoms with Crippen molar-refractivity contribution in [1.29, 1.82) is 0 Å². The Hall–Kier alpha value is -1.06. The Morgan fingerprint density at radius 1 is 1.28 bits per heavy atom. The van der Waals surface area contributed by atoms with E-state index in [1.165, 1.54) is 13.5 Å². The normalized spacial score (nSPS) is 31.3. The van der Waals surface area contributed by atoms with Crippen LogP contribution in [-0.4, -0.2) is 19.3 Å². The molecule has 2 rings (SSSR count). The van der Waals surface area contributed by atoms with E-state index in [-0.39, 0.29) is 6.42 Å². The van der Waals surface area contributed by atoms with Crippen LogP contribution in [0, 0.1) is 6.42 Å². The van der Waals surface area contributed by atoms with Crippen molar-refractivity contribution in [2.45, 2.75) is 17.1 Å². The average Bonchev–Trinajstić information content (AvgIpc) is 2.37. The molecule has 2 unspecified atom stereocenters. The number of allylic oxidation sites excluding steroid dienone is 1. The van der Waals surface area contributed by atoms with E-state index in [1.807, 2.05) is 24.3 Å². The van der Waals surface area contributed by atoms with Crippen LogP contribution < -0.4 is 4.74 Å². The van der Waals surface area contributed by atoms with Gasteiger partial charge >= 0.3 is 0 Å². The number of methoxy groups -OCH3 is 2. The van der Waals surface area contributed by atoms with Gasteiger partial charge in [-0.05, 0) is 6.07 Å². The summed E-state index contributed by atoms with van der Waals surface area (Å²) in [6.07, 6.45) is 4.72. The second-order valence-electron chi connectivity index (χ2n) is 4.26. The molecule has 2 nitrogen and oxygen atoms in total. The van der Waals surface area contributed by atoms with Gasteiger partial charge in [0, 0.05) is 25.5 Å². The summed E-state index contributed by atoms with van der Waals surface area (Å²) in [7, 11) is 3.11. The number of alkyl halides is 2. The Labute approximate surface area is 111 Å². The van der Waals surface area contributed by atoms with Crippen LogP contribution in [0.5, 0.6) is 5.75 Å². The van der Waals surface area contributed by atoms with Crippen molar-refractivity contribution in [1.82, 2.24) is 0 Å². The number of halogens is 2. The fourth-order valence-electron chi connectivity index (χ4n) is 2.24. The molecule has 0 aromatic heterocycles. The van der Waals surface area contributed by atoms with Gasteiger partial charge in [0.15, 0.2) is 5.13 Å². The summed E-state index contributed by atoms with van der Waals surface area (Å²) in [5, 5.41) is -1.91. The topological polar surface area (TPSA) is 18.5 Å². The van der Waals surface area contributed by atoms with Crippen molar-refractivity contribution in [2.24, 2.45) is 0 Å². The van der Waals surface area contributed by atoms with Crippen molar-refractivity contribution in [3.63, 3.8) is 0 Å². The minimum absolute atomic E-state index is 0.00886. The van der Waals surface area contributed by atoms with Gasteiger partial charge in [0.2, 0.25) is 0 Å². The van der Waals surface area contributed by atoms with Crippen LogP contribution in [0.4, 0.5) is 4.39 Å². The van der Waals surface area contributed by atoms with Crippen molar-refractivity contribution in [2.75, 3.05) is 14.2 Å². The molecule has 0 bridgehead atoms. The van der Waals surface area contributed by atoms with Crippen LogP contribution in [0.15, 0.2) is 36.4 Å². The zero-order chi connectivity index (χ0) is 13.2. The molecule has 0 heterocycles. The van der Waals surface area contributed by atoms with Gasteiger partial charge in [-0.2, -0.15) is 0 Å². The summed E-state index contributed by atoms with van der Waals surface area (Å²) in [4.78, 5) is 0. The van der Waals surface area contributed by atoms with Crippen LogP contribution in [0.2, 0.25) is 0 Å². The Balaban J connectivity index is 2.50. The van der Waals surface area contributed by atoms with Gasteiger partial charge in [0.25, 0.3) is 0 Å². The summed E-state index contributed by atoms with van der Waals surface area (Å²) in [6.45, 7) is 0. The van der Waals surface area contributed by atoms with E-state index in [1.54, 1.807) is 19.3 Å². The standard InChI is InChI=1S/C14H15ClFO2/c1-17-12-7-4-3-6-11(12)13(18-2)8-5-9-14(15,16)10-13/h3-9H,10H2,1-2H3. The van der Waals surface area contributed by atoms with Gasteiger partial charge in [0.1, 0.15) is 11.4 Å². The van der Waals surface area contributed by atoms with Gasteiger partial charge in [0.05, 0.1) is 7.11 Å². The Bertz CT molecular complexity index is 459. The van der Waals surface area contributed by atoms with Crippen LogP contribution in [0.3, 0.4) is 0 Å². The smallest absolute Gasteiger partial charge is 0.193 e. The molecule has 0 saturated carbocycles. The maximum atomic E-state index is 14.0. The summed E-state index contributed by atoms with van der Waals surface area (Å²) in [5.41, 5.74) is -0.139. The predicted molar refractivity (Wildman–Crippen MR) is 69.4 cm³/mol. The lowest BCUT2D eigenvalue weighted by atomic mass is 9.82. The fraction of sp³-hybridized carbons (Fsp3) is 0.357. The molecule has 1 aliphatic carbocycles. The third-order valence-corrected chi connectivity index (χ3v) is 3.39. The lowest BCUT2D eigenvalue weighted by Crippen LogP contribution is -2.37. The number of hydrogen-bond acceptors (Lipinski definition) is 2. The highest BCUT2D eigenvalue weighted by atomic mass is 35.5. The van der Waals surface area contributed by atoms with E-state index in [2.05, 4.69) is 0 Å². The molecule has 97 valence electrons. The van der Waals surface area contributed by atoms with Crippen LogP contribution in [-0.2, 0) is 10.3 Å². The molecule has 2 atom stereocenters. The zero-order valence-electron chi connectivity index (χ0n) is 10.3. The quantitative estimate of drug-likeness (QED) is 0.781. The number of para-hydroxylation sites is 1. The highest BCUT2D eigenvalue weighted by Gasteiger charge is 2.44. The van der Waals surface area contributed by atoms with E-state index >= 15 is 0 Å². The molecule has 0 fully saturated rings. The maximum absolute atomic E-state index is 14.0. The number of ether oxygens (including phenoxy) is 2. The summed E-state index contributed by atoms with van der Waals surface area (Å²) >= 11 is 5.79. The fourth-order valence-corrected chi connectivity index (χ4v) is 2.51. The summed E-state index contributed by atoms with van der Waals surface area (Å²) < 4.78 is 24.8. The van der Waals surface area contributed by atoms with Crippen LogP contribution in [0.25, 0.3) is 0 Å². The van der Waals surface area contributed by atoms with Crippen LogP contribution in [0.1, 0.15) is 12.0 Å². The number of rotatable bonds is 3. The second kappa shape index (κ2) is 4.90. The van der Waals surface area contributed by atoms with Gasteiger partial charge in [-0.15, -0.1) is 0 Å². The van der Waals surface area contributed by atoms with E-state index in [9.17, 15) is 4.39 Å². The van der Waals surface area contributed by atoms with E-state index in [0.29, 0.717) is 5.75 Å². The van der Waals surface area contributed by atoms with Crippen LogP contribution >= 0.6 is 11.6 Å². The monoisotopic (exact) mass is 269 g/mol. The molecule has 0 aliphatic heterocycles. The summed E-state index contributed by atoms with van der Waals surface area (Å²) in [5.74, 6) is 0.651. The Morgan fingerprint density at radius 3 is 2.61 bits per heavy atom. The predicted octanol–water partition coefficient (Wildman–Crippen LogP) is 3.61.